The lowest BCUT2D eigenvalue weighted by Gasteiger charge is -2.36. The zero-order chi connectivity index (χ0) is 25.3. The van der Waals surface area contributed by atoms with Crippen molar-refractivity contribution in [2.24, 2.45) is 0 Å². The summed E-state index contributed by atoms with van der Waals surface area (Å²) in [5.74, 6) is 1.14. The Balaban J connectivity index is 1.43. The smallest absolute Gasteiger partial charge is 0.353 e. The monoisotopic (exact) mass is 501 g/mol. The van der Waals surface area contributed by atoms with Gasteiger partial charge in [-0.25, -0.2) is 9.37 Å². The van der Waals surface area contributed by atoms with E-state index in [1.807, 2.05) is 4.90 Å². The van der Waals surface area contributed by atoms with Gasteiger partial charge >= 0.3 is 6.18 Å². The Hall–Kier alpha value is -3.50. The van der Waals surface area contributed by atoms with Crippen LogP contribution in [0.5, 0.6) is 0 Å². The maximum absolute atomic E-state index is 13.9. The number of aromatic nitrogens is 4. The van der Waals surface area contributed by atoms with Crippen molar-refractivity contribution < 1.29 is 17.6 Å². The number of halogens is 4. The summed E-state index contributed by atoms with van der Waals surface area (Å²) in [7, 11) is 0. The van der Waals surface area contributed by atoms with Crippen molar-refractivity contribution in [3.8, 4) is 11.4 Å². The second-order valence-corrected chi connectivity index (χ2v) is 9.12. The maximum Gasteiger partial charge on any atom is 0.419 e. The zero-order valence-corrected chi connectivity index (χ0v) is 20.0. The molecule has 0 unspecified atom stereocenters. The molecule has 5 rings (SSSR count). The van der Waals surface area contributed by atoms with E-state index in [0.717, 1.165) is 38.4 Å². The molecule has 0 aliphatic carbocycles. The molecule has 7 nitrogen and oxygen atoms in total. The van der Waals surface area contributed by atoms with E-state index in [-0.39, 0.29) is 11.6 Å². The third kappa shape index (κ3) is 5.05. The van der Waals surface area contributed by atoms with Gasteiger partial charge in [-0.2, -0.15) is 28.1 Å². The first-order valence-electron chi connectivity index (χ1n) is 12.1. The fourth-order valence-electron chi connectivity index (χ4n) is 4.63. The summed E-state index contributed by atoms with van der Waals surface area (Å²) in [4.78, 5) is 23.9. The van der Waals surface area contributed by atoms with Crippen LogP contribution in [-0.4, -0.2) is 59.2 Å². The number of nitrogens with zero attached hydrogens (tertiary/aromatic N) is 7. The average Bonchev–Trinajstić information content (AvgIpc) is 2.90. The van der Waals surface area contributed by atoms with Crippen molar-refractivity contribution in [1.82, 2.24) is 19.9 Å². The van der Waals surface area contributed by atoms with Gasteiger partial charge in [-0.05, 0) is 62.1 Å². The Morgan fingerprint density at radius 2 is 1.42 bits per heavy atom. The molecule has 1 aromatic carbocycles. The van der Waals surface area contributed by atoms with Gasteiger partial charge in [0.25, 0.3) is 0 Å². The first-order chi connectivity index (χ1) is 17.3. The predicted octanol–water partition coefficient (Wildman–Crippen LogP) is 4.72. The van der Waals surface area contributed by atoms with Crippen molar-refractivity contribution in [3.05, 3.63) is 53.5 Å². The highest BCUT2D eigenvalue weighted by atomic mass is 19.4. The maximum atomic E-state index is 13.9. The number of pyridine rings is 1. The summed E-state index contributed by atoms with van der Waals surface area (Å²) in [6, 6.07) is 7.13. The molecule has 3 aromatic rings. The Morgan fingerprint density at radius 3 is 2.06 bits per heavy atom. The summed E-state index contributed by atoms with van der Waals surface area (Å²) >= 11 is 0. The number of aryl methyl sites for hydroxylation is 1. The quantitative estimate of drug-likeness (QED) is 0.480. The lowest BCUT2D eigenvalue weighted by molar-refractivity contribution is -0.137. The molecule has 0 atom stereocenters. The largest absolute Gasteiger partial charge is 0.419 e. The van der Waals surface area contributed by atoms with Gasteiger partial charge in [0.05, 0.1) is 5.56 Å². The Labute approximate surface area is 206 Å². The Morgan fingerprint density at radius 1 is 0.778 bits per heavy atom. The van der Waals surface area contributed by atoms with E-state index in [0.29, 0.717) is 55.0 Å². The summed E-state index contributed by atoms with van der Waals surface area (Å²) in [6.07, 6.45) is 0.172. The summed E-state index contributed by atoms with van der Waals surface area (Å²) in [5, 5.41) is 0. The molecular formula is C25H27F4N7. The summed E-state index contributed by atoms with van der Waals surface area (Å²) in [6.45, 7) is 4.93. The zero-order valence-electron chi connectivity index (χ0n) is 20.0. The number of hydrogen-bond acceptors (Lipinski definition) is 7. The number of benzene rings is 1. The standard InChI is InChI=1S/C25H27F4N7/c1-17-16-18(7-8-20(17)26)21-31-23(35-10-3-2-4-11-35)33-24(32-21)36-14-12-34(13-15-36)22-19(25(27,28)29)6-5-9-30-22/h5-9,16H,2-4,10-15H2,1H3. The van der Waals surface area contributed by atoms with Crippen LogP contribution in [-0.2, 0) is 6.18 Å². The van der Waals surface area contributed by atoms with Crippen LogP contribution in [0.25, 0.3) is 11.4 Å². The van der Waals surface area contributed by atoms with Gasteiger partial charge in [-0.1, -0.05) is 0 Å². The van der Waals surface area contributed by atoms with Gasteiger partial charge in [-0.15, -0.1) is 0 Å². The summed E-state index contributed by atoms with van der Waals surface area (Å²) < 4.78 is 54.4. The molecule has 2 aliphatic rings. The number of piperazine rings is 1. The van der Waals surface area contributed by atoms with E-state index in [2.05, 4.69) is 14.9 Å². The SMILES string of the molecule is Cc1cc(-c2nc(N3CCCCC3)nc(N3CCN(c4ncccc4C(F)(F)F)CC3)n2)ccc1F. The molecule has 0 amide bonds. The van der Waals surface area contributed by atoms with Crippen LogP contribution in [0.3, 0.4) is 0 Å². The van der Waals surface area contributed by atoms with E-state index in [1.54, 1.807) is 24.0 Å². The van der Waals surface area contributed by atoms with E-state index in [9.17, 15) is 17.6 Å². The van der Waals surface area contributed by atoms with Crippen molar-refractivity contribution in [2.45, 2.75) is 32.4 Å². The van der Waals surface area contributed by atoms with Gasteiger partial charge < -0.3 is 14.7 Å². The van der Waals surface area contributed by atoms with Crippen molar-refractivity contribution >= 4 is 17.7 Å². The van der Waals surface area contributed by atoms with Gasteiger partial charge in [0.2, 0.25) is 11.9 Å². The minimum Gasteiger partial charge on any atom is -0.353 e. The van der Waals surface area contributed by atoms with Gasteiger partial charge in [0.1, 0.15) is 11.6 Å². The highest BCUT2D eigenvalue weighted by Gasteiger charge is 2.36. The Bertz CT molecular complexity index is 1220. The molecule has 2 fully saturated rings. The van der Waals surface area contributed by atoms with Crippen LogP contribution in [0.1, 0.15) is 30.4 Å². The molecule has 0 spiro atoms. The molecule has 2 aliphatic heterocycles. The van der Waals surface area contributed by atoms with Crippen LogP contribution in [0.4, 0.5) is 35.3 Å². The van der Waals surface area contributed by atoms with Gasteiger partial charge in [0.15, 0.2) is 5.82 Å². The Kier molecular flexibility index (Phi) is 6.63. The van der Waals surface area contributed by atoms with Crippen LogP contribution >= 0.6 is 0 Å². The predicted molar refractivity (Wildman–Crippen MR) is 130 cm³/mol. The van der Waals surface area contributed by atoms with Crippen LogP contribution in [0.15, 0.2) is 36.5 Å². The molecule has 0 N–H and O–H groups in total. The fraction of sp³-hybridized carbons (Fsp3) is 0.440. The van der Waals surface area contributed by atoms with E-state index in [4.69, 9.17) is 9.97 Å². The molecule has 4 heterocycles. The minimum absolute atomic E-state index is 0.0585. The lowest BCUT2D eigenvalue weighted by Crippen LogP contribution is -2.48. The van der Waals surface area contributed by atoms with Gasteiger partial charge in [0, 0.05) is 51.0 Å². The van der Waals surface area contributed by atoms with E-state index >= 15 is 0 Å². The fourth-order valence-corrected chi connectivity index (χ4v) is 4.63. The highest BCUT2D eigenvalue weighted by molar-refractivity contribution is 5.60. The normalized spacial score (nSPS) is 17.0. The summed E-state index contributed by atoms with van der Waals surface area (Å²) in [5.41, 5.74) is 0.455. The van der Waals surface area contributed by atoms with E-state index in [1.165, 1.54) is 18.3 Å². The molecular weight excluding hydrogens is 474 g/mol. The molecule has 0 saturated carbocycles. The average molecular weight is 502 g/mol. The number of anilines is 3. The lowest BCUT2D eigenvalue weighted by atomic mass is 10.1. The molecule has 2 saturated heterocycles. The van der Waals surface area contributed by atoms with E-state index < -0.39 is 11.7 Å². The third-order valence-corrected chi connectivity index (χ3v) is 6.62. The van der Waals surface area contributed by atoms with Crippen molar-refractivity contribution in [3.63, 3.8) is 0 Å². The first kappa shape index (κ1) is 24.2. The molecule has 2 aromatic heterocycles. The number of rotatable bonds is 4. The topological polar surface area (TPSA) is 61.3 Å². The molecule has 0 radical (unpaired) electrons. The van der Waals surface area contributed by atoms with Gasteiger partial charge in [-0.3, -0.25) is 0 Å². The highest BCUT2D eigenvalue weighted by Crippen LogP contribution is 2.35. The van der Waals surface area contributed by atoms with Crippen molar-refractivity contribution in [1.29, 1.82) is 0 Å². The third-order valence-electron chi connectivity index (χ3n) is 6.62. The first-order valence-corrected chi connectivity index (χ1v) is 12.1. The molecule has 0 bridgehead atoms. The number of piperidine rings is 1. The number of hydrogen-bond donors (Lipinski definition) is 0. The molecule has 36 heavy (non-hydrogen) atoms. The van der Waals surface area contributed by atoms with Crippen LogP contribution in [0, 0.1) is 12.7 Å². The van der Waals surface area contributed by atoms with Crippen LogP contribution in [0.2, 0.25) is 0 Å². The molecule has 11 heteroatoms. The van der Waals surface area contributed by atoms with Crippen molar-refractivity contribution in [2.75, 3.05) is 54.0 Å². The minimum atomic E-state index is -4.47. The second kappa shape index (κ2) is 9.87. The van der Waals surface area contributed by atoms with Crippen LogP contribution < -0.4 is 14.7 Å². The number of alkyl halides is 3. The molecule has 190 valence electrons. The second-order valence-electron chi connectivity index (χ2n) is 9.12.